The summed E-state index contributed by atoms with van der Waals surface area (Å²) < 4.78 is 11.6. The van der Waals surface area contributed by atoms with E-state index in [2.05, 4.69) is 36.8 Å². The number of aryl methyl sites for hydroxylation is 1. The molecule has 3 aromatic rings. The highest BCUT2D eigenvalue weighted by Crippen LogP contribution is 2.30. The van der Waals surface area contributed by atoms with E-state index in [-0.39, 0.29) is 18.3 Å². The number of carbonyl (C=O) groups excluding carboxylic acids is 3. The maximum atomic E-state index is 12.9. The molecule has 0 saturated heterocycles. The molecule has 9 nitrogen and oxygen atoms in total. The SMILES string of the molecule is CCOC(=O)c1ccc(NC(=O)c2oc3c(c2C)/C(=N/NC(=O)c2cncc(Br)c2)CCC3)cc1. The second kappa shape index (κ2) is 10.6. The van der Waals surface area contributed by atoms with Gasteiger partial charge in [-0.2, -0.15) is 5.10 Å². The minimum Gasteiger partial charge on any atom is -0.462 e. The lowest BCUT2D eigenvalue weighted by molar-refractivity contribution is 0.0526. The summed E-state index contributed by atoms with van der Waals surface area (Å²) in [4.78, 5) is 41.2. The molecule has 4 rings (SSSR count). The Bertz CT molecular complexity index is 1310. The first kappa shape index (κ1) is 24.3. The van der Waals surface area contributed by atoms with E-state index in [1.165, 1.54) is 6.20 Å². The molecule has 0 aliphatic heterocycles. The normalized spacial score (nSPS) is 13.7. The van der Waals surface area contributed by atoms with Gasteiger partial charge in [0.15, 0.2) is 5.76 Å². The van der Waals surface area contributed by atoms with Gasteiger partial charge in [-0.1, -0.05) is 0 Å². The van der Waals surface area contributed by atoms with Gasteiger partial charge in [-0.15, -0.1) is 0 Å². The molecular formula is C25H23BrN4O5. The van der Waals surface area contributed by atoms with Gasteiger partial charge in [-0.25, -0.2) is 10.2 Å². The molecular weight excluding hydrogens is 516 g/mol. The number of halogens is 1. The molecule has 0 fully saturated rings. The molecule has 180 valence electrons. The summed E-state index contributed by atoms with van der Waals surface area (Å²) in [6.45, 7) is 3.82. The van der Waals surface area contributed by atoms with Crippen molar-refractivity contribution in [3.63, 3.8) is 0 Å². The number of ether oxygens (including phenoxy) is 1. The van der Waals surface area contributed by atoms with Crippen molar-refractivity contribution >= 4 is 45.1 Å². The van der Waals surface area contributed by atoms with Crippen molar-refractivity contribution in [3.05, 3.63) is 81.0 Å². The number of anilines is 1. The van der Waals surface area contributed by atoms with Crippen molar-refractivity contribution in [1.29, 1.82) is 0 Å². The highest BCUT2D eigenvalue weighted by molar-refractivity contribution is 9.10. The van der Waals surface area contributed by atoms with E-state index in [0.717, 1.165) is 12.0 Å². The van der Waals surface area contributed by atoms with Crippen LogP contribution >= 0.6 is 15.9 Å². The van der Waals surface area contributed by atoms with E-state index in [9.17, 15) is 14.4 Å². The number of pyridine rings is 1. The van der Waals surface area contributed by atoms with Gasteiger partial charge in [-0.3, -0.25) is 14.6 Å². The summed E-state index contributed by atoms with van der Waals surface area (Å²) >= 11 is 3.30. The average Bonchev–Trinajstić information content (AvgIpc) is 3.20. The van der Waals surface area contributed by atoms with Crippen LogP contribution in [0, 0.1) is 6.92 Å². The van der Waals surface area contributed by atoms with E-state index < -0.39 is 11.9 Å². The van der Waals surface area contributed by atoms with Crippen LogP contribution in [-0.2, 0) is 11.2 Å². The van der Waals surface area contributed by atoms with Gasteiger partial charge in [0.1, 0.15) is 5.76 Å². The number of furan rings is 1. The number of aromatic nitrogens is 1. The lowest BCUT2D eigenvalue weighted by Crippen LogP contribution is -2.22. The molecule has 0 unspecified atom stereocenters. The summed E-state index contributed by atoms with van der Waals surface area (Å²) in [5.41, 5.74) is 5.91. The van der Waals surface area contributed by atoms with Gasteiger partial charge >= 0.3 is 5.97 Å². The van der Waals surface area contributed by atoms with E-state index in [1.54, 1.807) is 50.4 Å². The van der Waals surface area contributed by atoms with Crippen LogP contribution < -0.4 is 10.7 Å². The fraction of sp³-hybridized carbons (Fsp3) is 0.240. The number of rotatable bonds is 6. The number of esters is 1. The van der Waals surface area contributed by atoms with Crippen molar-refractivity contribution in [3.8, 4) is 0 Å². The number of carbonyl (C=O) groups is 3. The van der Waals surface area contributed by atoms with Gasteiger partial charge in [0, 0.05) is 40.1 Å². The van der Waals surface area contributed by atoms with Crippen LogP contribution in [0.25, 0.3) is 0 Å². The quantitative estimate of drug-likeness (QED) is 0.348. The fourth-order valence-corrected chi connectivity index (χ4v) is 4.17. The third-order valence-corrected chi connectivity index (χ3v) is 5.88. The highest BCUT2D eigenvalue weighted by atomic mass is 79.9. The summed E-state index contributed by atoms with van der Waals surface area (Å²) in [6.07, 6.45) is 5.13. The monoisotopic (exact) mass is 538 g/mol. The minimum absolute atomic E-state index is 0.182. The summed E-state index contributed by atoms with van der Waals surface area (Å²) in [5, 5.41) is 7.12. The number of nitrogens with one attached hydrogen (secondary N) is 2. The Kier molecular flexibility index (Phi) is 7.40. The molecule has 2 amide bonds. The first-order valence-corrected chi connectivity index (χ1v) is 11.8. The number of benzene rings is 1. The number of hydrogen-bond donors (Lipinski definition) is 2. The second-order valence-corrected chi connectivity index (χ2v) is 8.77. The van der Waals surface area contributed by atoms with Crippen molar-refractivity contribution in [2.24, 2.45) is 5.10 Å². The Labute approximate surface area is 210 Å². The molecule has 0 saturated carbocycles. The smallest absolute Gasteiger partial charge is 0.338 e. The standard InChI is InChI=1S/C25H23BrN4O5/c1-3-34-25(33)15-7-9-18(10-8-15)28-24(32)22-14(2)21-19(5-4-6-20(21)35-22)29-30-23(31)16-11-17(26)13-27-12-16/h7-13H,3-6H2,1-2H3,(H,28,32)(H,30,31)/b29-19+. The number of hydrazone groups is 1. The number of amides is 2. The molecule has 2 heterocycles. The van der Waals surface area contributed by atoms with Crippen LogP contribution in [-0.4, -0.2) is 35.1 Å². The number of nitrogens with zero attached hydrogens (tertiary/aromatic N) is 2. The van der Waals surface area contributed by atoms with Gasteiger partial charge in [0.25, 0.3) is 11.8 Å². The van der Waals surface area contributed by atoms with Crippen LogP contribution in [0.15, 0.2) is 56.7 Å². The fourth-order valence-electron chi connectivity index (χ4n) is 3.81. The third kappa shape index (κ3) is 5.48. The maximum absolute atomic E-state index is 12.9. The van der Waals surface area contributed by atoms with Crippen molar-refractivity contribution in [2.75, 3.05) is 11.9 Å². The second-order valence-electron chi connectivity index (χ2n) is 7.85. The maximum Gasteiger partial charge on any atom is 0.338 e. The van der Waals surface area contributed by atoms with Crippen LogP contribution in [0.4, 0.5) is 5.69 Å². The van der Waals surface area contributed by atoms with Crippen LogP contribution in [0.5, 0.6) is 0 Å². The summed E-state index contributed by atoms with van der Waals surface area (Å²) in [5.74, 6) is -0.376. The minimum atomic E-state index is -0.421. The molecule has 0 bridgehead atoms. The third-order valence-electron chi connectivity index (χ3n) is 5.45. The number of fused-ring (bicyclic) bond motifs is 1. The molecule has 35 heavy (non-hydrogen) atoms. The zero-order chi connectivity index (χ0) is 24.9. The predicted octanol–water partition coefficient (Wildman–Crippen LogP) is 4.64. The van der Waals surface area contributed by atoms with E-state index in [4.69, 9.17) is 9.15 Å². The van der Waals surface area contributed by atoms with Crippen LogP contribution in [0.1, 0.15) is 67.9 Å². The summed E-state index contributed by atoms with van der Waals surface area (Å²) in [7, 11) is 0. The van der Waals surface area contributed by atoms with Gasteiger partial charge in [0.2, 0.25) is 0 Å². The lowest BCUT2D eigenvalue weighted by atomic mass is 9.93. The molecule has 0 atom stereocenters. The van der Waals surface area contributed by atoms with Crippen molar-refractivity contribution in [1.82, 2.24) is 10.4 Å². The first-order valence-electron chi connectivity index (χ1n) is 11.1. The zero-order valence-electron chi connectivity index (χ0n) is 19.2. The molecule has 10 heteroatoms. The first-order chi connectivity index (χ1) is 16.9. The van der Waals surface area contributed by atoms with Gasteiger partial charge in [0.05, 0.1) is 23.4 Å². The van der Waals surface area contributed by atoms with E-state index in [0.29, 0.717) is 51.2 Å². The number of hydrogen-bond acceptors (Lipinski definition) is 7. The Morgan fingerprint density at radius 3 is 2.60 bits per heavy atom. The van der Waals surface area contributed by atoms with Crippen molar-refractivity contribution in [2.45, 2.75) is 33.1 Å². The Morgan fingerprint density at radius 1 is 1.11 bits per heavy atom. The van der Waals surface area contributed by atoms with Gasteiger partial charge in [-0.05, 0) is 73.0 Å². The summed E-state index contributed by atoms with van der Waals surface area (Å²) in [6, 6.07) is 8.08. The largest absolute Gasteiger partial charge is 0.462 e. The average molecular weight is 539 g/mol. The predicted molar refractivity (Wildman–Crippen MR) is 133 cm³/mol. The molecule has 0 radical (unpaired) electrons. The molecule has 2 aromatic heterocycles. The Balaban J connectivity index is 1.51. The Morgan fingerprint density at radius 2 is 1.89 bits per heavy atom. The topological polar surface area (TPSA) is 123 Å². The van der Waals surface area contributed by atoms with Crippen molar-refractivity contribution < 1.29 is 23.5 Å². The molecule has 0 spiro atoms. The molecule has 1 aliphatic rings. The molecule has 1 aliphatic carbocycles. The molecule has 1 aromatic carbocycles. The Hall–Kier alpha value is -3.79. The van der Waals surface area contributed by atoms with Crippen LogP contribution in [0.3, 0.4) is 0 Å². The lowest BCUT2D eigenvalue weighted by Gasteiger charge is -2.13. The van der Waals surface area contributed by atoms with Gasteiger partial charge < -0.3 is 14.5 Å². The zero-order valence-corrected chi connectivity index (χ0v) is 20.8. The van der Waals surface area contributed by atoms with E-state index in [1.807, 2.05) is 0 Å². The van der Waals surface area contributed by atoms with E-state index >= 15 is 0 Å². The van der Waals surface area contributed by atoms with Crippen LogP contribution in [0.2, 0.25) is 0 Å². The highest BCUT2D eigenvalue weighted by Gasteiger charge is 2.28. The molecule has 2 N–H and O–H groups in total.